The molecule has 1 saturated carbocycles. The van der Waals surface area contributed by atoms with E-state index in [9.17, 15) is 13.2 Å². The van der Waals surface area contributed by atoms with Gasteiger partial charge < -0.3 is 14.2 Å². The molecule has 1 aromatic carbocycles. The Morgan fingerprint density at radius 1 is 1.15 bits per heavy atom. The number of benzene rings is 1. The fourth-order valence-electron chi connectivity index (χ4n) is 5.41. The monoisotopic (exact) mass is 535 g/mol. The van der Waals surface area contributed by atoms with Gasteiger partial charge in [0.05, 0.1) is 18.4 Å². The predicted molar refractivity (Wildman–Crippen MR) is 141 cm³/mol. The van der Waals surface area contributed by atoms with Crippen molar-refractivity contribution in [2.45, 2.75) is 37.9 Å². The number of alkyl halides is 3. The molecular weight excluding hydrogens is 507 g/mol. The van der Waals surface area contributed by atoms with Gasteiger partial charge in [-0.2, -0.15) is 18.3 Å². The number of anilines is 1. The zero-order chi connectivity index (χ0) is 27.5. The summed E-state index contributed by atoms with van der Waals surface area (Å²) in [5, 5.41) is 4.90. The molecule has 4 heterocycles. The topological polar surface area (TPSA) is 73.9 Å². The van der Waals surface area contributed by atoms with Crippen molar-refractivity contribution in [3.05, 3.63) is 65.5 Å². The van der Waals surface area contributed by atoms with Gasteiger partial charge in [-0.3, -0.25) is 4.68 Å². The number of methoxy groups -OCH3 is 1. The van der Waals surface area contributed by atoms with Gasteiger partial charge in [0.2, 0.25) is 5.88 Å². The predicted octanol–water partition coefficient (Wildman–Crippen LogP) is 5.39. The number of aromatic nitrogens is 6. The van der Waals surface area contributed by atoms with E-state index in [-0.39, 0.29) is 5.82 Å². The van der Waals surface area contributed by atoms with Crippen LogP contribution in [-0.2, 0) is 33.2 Å². The van der Waals surface area contributed by atoms with E-state index in [1.54, 1.807) is 26.6 Å². The van der Waals surface area contributed by atoms with Gasteiger partial charge in [-0.15, -0.1) is 0 Å². The minimum atomic E-state index is -4.51. The van der Waals surface area contributed by atoms with E-state index in [0.29, 0.717) is 29.5 Å². The molecule has 0 spiro atoms. The molecule has 11 heteroatoms. The second kappa shape index (κ2) is 9.25. The van der Waals surface area contributed by atoms with Crippen molar-refractivity contribution in [1.82, 2.24) is 29.3 Å². The van der Waals surface area contributed by atoms with Gasteiger partial charge in [-0.05, 0) is 36.6 Å². The first-order valence-corrected chi connectivity index (χ1v) is 12.8. The van der Waals surface area contributed by atoms with Crippen LogP contribution in [0.3, 0.4) is 0 Å². The molecule has 6 rings (SSSR count). The smallest absolute Gasteiger partial charge is 0.434 e. The van der Waals surface area contributed by atoms with Gasteiger partial charge in [0.1, 0.15) is 17.8 Å². The van der Waals surface area contributed by atoms with Gasteiger partial charge in [0.15, 0.2) is 5.69 Å². The molecule has 0 saturated heterocycles. The molecule has 3 aromatic heterocycles. The highest BCUT2D eigenvalue weighted by Crippen LogP contribution is 2.47. The first-order valence-electron chi connectivity index (χ1n) is 12.8. The van der Waals surface area contributed by atoms with Crippen LogP contribution in [0.15, 0.2) is 37.3 Å². The molecular formula is C28H28F3N7O. The van der Waals surface area contributed by atoms with Gasteiger partial charge >= 0.3 is 6.18 Å². The van der Waals surface area contributed by atoms with E-state index < -0.39 is 11.9 Å². The number of rotatable bonds is 6. The Kier molecular flexibility index (Phi) is 5.96. The highest BCUT2D eigenvalue weighted by atomic mass is 19.4. The van der Waals surface area contributed by atoms with Crippen molar-refractivity contribution in [3.63, 3.8) is 0 Å². The largest absolute Gasteiger partial charge is 0.480 e. The minimum absolute atomic E-state index is 0.239. The summed E-state index contributed by atoms with van der Waals surface area (Å²) in [6.07, 6.45) is 2.66. The summed E-state index contributed by atoms with van der Waals surface area (Å²) in [6.45, 7) is 5.29. The number of fused-ring (bicyclic) bond motifs is 1. The molecule has 0 N–H and O–H groups in total. The molecule has 0 atom stereocenters. The second-order valence-corrected chi connectivity index (χ2v) is 10.0. The van der Waals surface area contributed by atoms with Crippen LogP contribution in [0.4, 0.5) is 18.9 Å². The Hall–Kier alpha value is -4.15. The van der Waals surface area contributed by atoms with Crippen LogP contribution >= 0.6 is 0 Å². The Labute approximate surface area is 223 Å². The van der Waals surface area contributed by atoms with E-state index in [1.807, 2.05) is 29.9 Å². The lowest BCUT2D eigenvalue weighted by Crippen LogP contribution is -2.31. The zero-order valence-corrected chi connectivity index (χ0v) is 22.0. The molecule has 0 amide bonds. The summed E-state index contributed by atoms with van der Waals surface area (Å²) < 4.78 is 48.8. The lowest BCUT2D eigenvalue weighted by atomic mass is 9.98. The second-order valence-electron chi connectivity index (χ2n) is 10.0. The van der Waals surface area contributed by atoms with E-state index >= 15 is 0 Å². The molecule has 4 aromatic rings. The number of hydrogen-bond donors (Lipinski definition) is 0. The maximum absolute atomic E-state index is 13.3. The highest BCUT2D eigenvalue weighted by Gasteiger charge is 2.36. The van der Waals surface area contributed by atoms with Gasteiger partial charge in [0, 0.05) is 68.2 Å². The fourth-order valence-corrected chi connectivity index (χ4v) is 5.41. The number of aryl methyl sites for hydroxylation is 2. The summed E-state index contributed by atoms with van der Waals surface area (Å²) in [5.74, 6) is 1.15. The minimum Gasteiger partial charge on any atom is -0.480 e. The average molecular weight is 536 g/mol. The molecule has 1 aliphatic heterocycles. The van der Waals surface area contributed by atoms with Crippen LogP contribution in [0.2, 0.25) is 0 Å². The normalized spacial score (nSPS) is 15.4. The van der Waals surface area contributed by atoms with Crippen LogP contribution in [0.5, 0.6) is 5.88 Å². The third kappa shape index (κ3) is 4.35. The Morgan fingerprint density at radius 3 is 2.62 bits per heavy atom. The molecule has 202 valence electrons. The zero-order valence-electron chi connectivity index (χ0n) is 22.0. The molecule has 0 bridgehead atoms. The summed E-state index contributed by atoms with van der Waals surface area (Å²) in [7, 11) is 5.13. The molecule has 0 unspecified atom stereocenters. The molecule has 2 aliphatic rings. The van der Waals surface area contributed by atoms with E-state index in [4.69, 9.17) is 9.84 Å². The molecule has 1 aliphatic carbocycles. The number of nitrogens with zero attached hydrogens (tertiary/aromatic N) is 7. The lowest BCUT2D eigenvalue weighted by Gasteiger charge is -2.30. The third-order valence-corrected chi connectivity index (χ3v) is 7.51. The van der Waals surface area contributed by atoms with Gasteiger partial charge in [-0.25, -0.2) is 15.0 Å². The Bertz CT molecular complexity index is 1580. The SMILES string of the molecule is C=Cc1cc(N2CCc3c(c(-c4c(OC)ncnc4C4CC4)nn3C)C2)ccc1-c1nc(C(F)(F)F)cn1C. The number of imidazole rings is 1. The standard InChI is InChI=1S/C28H28F3N7O/c1-5-16-12-18(8-9-19(16)26-34-22(14-36(26)2)28(29,30)31)38-11-10-21-20(13-38)25(35-37(21)3)23-24(17-6-7-17)32-15-33-27(23)39-4/h5,8-9,12,14-15,17H,1,6-7,10-11,13H2,2-4H3. The molecule has 39 heavy (non-hydrogen) atoms. The highest BCUT2D eigenvalue weighted by molar-refractivity contribution is 5.76. The van der Waals surface area contributed by atoms with Crippen molar-refractivity contribution in [1.29, 1.82) is 0 Å². The molecule has 8 nitrogen and oxygen atoms in total. The number of ether oxygens (including phenoxy) is 1. The first-order chi connectivity index (χ1) is 18.7. The molecule has 0 radical (unpaired) electrons. The van der Waals surface area contributed by atoms with Gasteiger partial charge in [-0.1, -0.05) is 12.7 Å². The Balaban J connectivity index is 1.37. The van der Waals surface area contributed by atoms with E-state index in [0.717, 1.165) is 65.9 Å². The summed E-state index contributed by atoms with van der Waals surface area (Å²) in [4.78, 5) is 15.1. The van der Waals surface area contributed by atoms with E-state index in [2.05, 4.69) is 26.4 Å². The van der Waals surface area contributed by atoms with Crippen molar-refractivity contribution in [3.8, 4) is 28.5 Å². The van der Waals surface area contributed by atoms with E-state index in [1.165, 1.54) is 4.57 Å². The number of halogens is 3. The van der Waals surface area contributed by atoms with Crippen molar-refractivity contribution >= 4 is 11.8 Å². The van der Waals surface area contributed by atoms with Gasteiger partial charge in [0.25, 0.3) is 0 Å². The van der Waals surface area contributed by atoms with Crippen LogP contribution in [-0.4, -0.2) is 43.0 Å². The maximum atomic E-state index is 13.3. The van der Waals surface area contributed by atoms with Crippen molar-refractivity contribution in [2.24, 2.45) is 14.1 Å². The van der Waals surface area contributed by atoms with Crippen molar-refractivity contribution < 1.29 is 17.9 Å². The Morgan fingerprint density at radius 2 is 1.95 bits per heavy atom. The summed E-state index contributed by atoms with van der Waals surface area (Å²) in [5.41, 5.74) is 6.25. The third-order valence-electron chi connectivity index (χ3n) is 7.51. The summed E-state index contributed by atoms with van der Waals surface area (Å²) in [6, 6.07) is 5.69. The van der Waals surface area contributed by atoms with Crippen LogP contribution < -0.4 is 9.64 Å². The van der Waals surface area contributed by atoms with Crippen molar-refractivity contribution in [2.75, 3.05) is 18.6 Å². The maximum Gasteiger partial charge on any atom is 0.434 e. The average Bonchev–Trinajstić information content (AvgIpc) is 3.62. The van der Waals surface area contributed by atoms with Crippen LogP contribution in [0.25, 0.3) is 28.7 Å². The molecule has 1 fully saturated rings. The number of hydrogen-bond acceptors (Lipinski definition) is 6. The summed E-state index contributed by atoms with van der Waals surface area (Å²) >= 11 is 0. The van der Waals surface area contributed by atoms with Crippen LogP contribution in [0, 0.1) is 0 Å². The first kappa shape index (κ1) is 25.1. The fraction of sp³-hybridized carbons (Fsp3) is 0.357. The lowest BCUT2D eigenvalue weighted by molar-refractivity contribution is -0.140. The quantitative estimate of drug-likeness (QED) is 0.330. The van der Waals surface area contributed by atoms with Crippen LogP contribution in [0.1, 0.15) is 47.0 Å².